The molecule has 0 fully saturated rings. The standard InChI is InChI=1S/C23H32N2O4/c1-7-27-20-14-18(15-21(28-8-2)22(20)29-9-3)23(26)25(6)16-17-10-12-19(13-11-17)24(4)5/h10-15H,7-9,16H2,1-6H3. The van der Waals surface area contributed by atoms with Gasteiger partial charge in [0.25, 0.3) is 5.91 Å². The van der Waals surface area contributed by atoms with Crippen LogP contribution in [0, 0.1) is 0 Å². The van der Waals surface area contributed by atoms with Crippen LogP contribution < -0.4 is 19.1 Å². The Morgan fingerprint density at radius 3 is 1.79 bits per heavy atom. The van der Waals surface area contributed by atoms with Crippen molar-refractivity contribution in [3.05, 3.63) is 47.5 Å². The highest BCUT2D eigenvalue weighted by Crippen LogP contribution is 2.39. The van der Waals surface area contributed by atoms with Gasteiger partial charge in [-0.25, -0.2) is 0 Å². The van der Waals surface area contributed by atoms with Crippen molar-refractivity contribution in [2.45, 2.75) is 27.3 Å². The van der Waals surface area contributed by atoms with Crippen molar-refractivity contribution in [1.82, 2.24) is 4.90 Å². The van der Waals surface area contributed by atoms with Crippen LogP contribution in [0.15, 0.2) is 36.4 Å². The molecule has 0 atom stereocenters. The molecule has 6 nitrogen and oxygen atoms in total. The number of hydrogen-bond acceptors (Lipinski definition) is 5. The lowest BCUT2D eigenvalue weighted by Crippen LogP contribution is -2.26. The predicted molar refractivity (Wildman–Crippen MR) is 117 cm³/mol. The molecular weight excluding hydrogens is 368 g/mol. The van der Waals surface area contributed by atoms with Gasteiger partial charge in [0.15, 0.2) is 11.5 Å². The first kappa shape index (κ1) is 22.4. The van der Waals surface area contributed by atoms with Crippen molar-refractivity contribution in [2.24, 2.45) is 0 Å². The summed E-state index contributed by atoms with van der Waals surface area (Å²) in [6, 6.07) is 11.6. The summed E-state index contributed by atoms with van der Waals surface area (Å²) in [6.07, 6.45) is 0. The number of nitrogens with zero attached hydrogens (tertiary/aromatic N) is 2. The molecule has 2 aromatic rings. The van der Waals surface area contributed by atoms with Gasteiger partial charge >= 0.3 is 0 Å². The minimum Gasteiger partial charge on any atom is -0.490 e. The van der Waals surface area contributed by atoms with Gasteiger partial charge in [0, 0.05) is 38.9 Å². The van der Waals surface area contributed by atoms with Crippen LogP contribution in [0.3, 0.4) is 0 Å². The highest BCUT2D eigenvalue weighted by molar-refractivity contribution is 5.95. The third kappa shape index (κ3) is 5.79. The molecule has 29 heavy (non-hydrogen) atoms. The predicted octanol–water partition coefficient (Wildman–Crippen LogP) is 4.22. The van der Waals surface area contributed by atoms with Gasteiger partial charge in [0.1, 0.15) is 0 Å². The molecule has 1 amide bonds. The van der Waals surface area contributed by atoms with Crippen LogP contribution in [0.4, 0.5) is 5.69 Å². The van der Waals surface area contributed by atoms with E-state index in [0.29, 0.717) is 49.2 Å². The van der Waals surface area contributed by atoms with E-state index in [0.717, 1.165) is 11.3 Å². The molecular formula is C23H32N2O4. The summed E-state index contributed by atoms with van der Waals surface area (Å²) >= 11 is 0. The average molecular weight is 401 g/mol. The zero-order valence-electron chi connectivity index (χ0n) is 18.3. The summed E-state index contributed by atoms with van der Waals surface area (Å²) in [7, 11) is 5.80. The number of rotatable bonds is 10. The van der Waals surface area contributed by atoms with Gasteiger partial charge in [-0.2, -0.15) is 0 Å². The first-order valence-electron chi connectivity index (χ1n) is 9.99. The number of amides is 1. The Morgan fingerprint density at radius 2 is 1.34 bits per heavy atom. The molecule has 0 saturated heterocycles. The summed E-state index contributed by atoms with van der Waals surface area (Å²) in [5.74, 6) is 1.47. The van der Waals surface area contributed by atoms with E-state index < -0.39 is 0 Å². The number of anilines is 1. The number of benzene rings is 2. The minimum atomic E-state index is -0.105. The fraction of sp³-hybridized carbons (Fsp3) is 0.435. The average Bonchev–Trinajstić information content (AvgIpc) is 2.70. The van der Waals surface area contributed by atoms with Crippen molar-refractivity contribution in [3.8, 4) is 17.2 Å². The second-order valence-corrected chi connectivity index (χ2v) is 6.82. The number of hydrogen-bond donors (Lipinski definition) is 0. The van der Waals surface area contributed by atoms with E-state index >= 15 is 0 Å². The highest BCUT2D eigenvalue weighted by atomic mass is 16.5. The summed E-state index contributed by atoms with van der Waals surface area (Å²) in [6.45, 7) is 7.63. The second-order valence-electron chi connectivity index (χ2n) is 6.82. The lowest BCUT2D eigenvalue weighted by Gasteiger charge is -2.21. The monoisotopic (exact) mass is 400 g/mol. The molecule has 0 heterocycles. The molecule has 2 aromatic carbocycles. The zero-order valence-corrected chi connectivity index (χ0v) is 18.3. The molecule has 0 bridgehead atoms. The largest absolute Gasteiger partial charge is 0.490 e. The van der Waals surface area contributed by atoms with E-state index in [2.05, 4.69) is 0 Å². The van der Waals surface area contributed by atoms with Crippen LogP contribution in [0.2, 0.25) is 0 Å². The van der Waals surface area contributed by atoms with E-state index in [9.17, 15) is 4.79 Å². The van der Waals surface area contributed by atoms with Crippen molar-refractivity contribution in [1.29, 1.82) is 0 Å². The minimum absolute atomic E-state index is 0.105. The van der Waals surface area contributed by atoms with Crippen LogP contribution >= 0.6 is 0 Å². The third-order valence-electron chi connectivity index (χ3n) is 4.38. The molecule has 0 aliphatic heterocycles. The van der Waals surface area contributed by atoms with Crippen molar-refractivity contribution < 1.29 is 19.0 Å². The lowest BCUT2D eigenvalue weighted by atomic mass is 10.1. The summed E-state index contributed by atoms with van der Waals surface area (Å²) in [4.78, 5) is 16.8. The smallest absolute Gasteiger partial charge is 0.254 e. The van der Waals surface area contributed by atoms with Crippen molar-refractivity contribution >= 4 is 11.6 Å². The van der Waals surface area contributed by atoms with E-state index in [1.807, 2.05) is 64.0 Å². The Bertz CT molecular complexity index is 776. The second kappa shape index (κ2) is 10.6. The molecule has 0 saturated carbocycles. The summed E-state index contributed by atoms with van der Waals surface area (Å²) in [5.41, 5.74) is 2.69. The molecule has 0 aromatic heterocycles. The Labute approximate surface area is 174 Å². The molecule has 0 spiro atoms. The molecule has 158 valence electrons. The van der Waals surface area contributed by atoms with Gasteiger partial charge in [0.05, 0.1) is 19.8 Å². The number of ether oxygens (including phenoxy) is 3. The van der Waals surface area contributed by atoms with Gasteiger partial charge in [-0.3, -0.25) is 4.79 Å². The molecule has 2 rings (SSSR count). The van der Waals surface area contributed by atoms with Gasteiger partial charge < -0.3 is 24.0 Å². The van der Waals surface area contributed by atoms with Gasteiger partial charge in [-0.1, -0.05) is 12.1 Å². The Kier molecular flexibility index (Phi) is 8.19. The lowest BCUT2D eigenvalue weighted by molar-refractivity contribution is 0.0784. The van der Waals surface area contributed by atoms with Crippen LogP contribution in [0.1, 0.15) is 36.7 Å². The molecule has 6 heteroatoms. The maximum absolute atomic E-state index is 13.1. The maximum Gasteiger partial charge on any atom is 0.254 e. The Hall–Kier alpha value is -2.89. The number of carbonyl (C=O) groups excluding carboxylic acids is 1. The van der Waals surface area contributed by atoms with E-state index in [-0.39, 0.29) is 5.91 Å². The van der Waals surface area contributed by atoms with E-state index in [4.69, 9.17) is 14.2 Å². The topological polar surface area (TPSA) is 51.2 Å². The van der Waals surface area contributed by atoms with Gasteiger partial charge in [0.2, 0.25) is 5.75 Å². The quantitative estimate of drug-likeness (QED) is 0.598. The highest BCUT2D eigenvalue weighted by Gasteiger charge is 2.20. The van der Waals surface area contributed by atoms with E-state index in [1.54, 1.807) is 24.1 Å². The van der Waals surface area contributed by atoms with Crippen molar-refractivity contribution in [3.63, 3.8) is 0 Å². The normalized spacial score (nSPS) is 10.4. The maximum atomic E-state index is 13.1. The fourth-order valence-corrected chi connectivity index (χ4v) is 2.98. The molecule has 0 unspecified atom stereocenters. The Balaban J connectivity index is 2.27. The van der Waals surface area contributed by atoms with Crippen LogP contribution in [-0.2, 0) is 6.54 Å². The molecule has 0 N–H and O–H groups in total. The molecule has 0 aliphatic rings. The molecule has 0 aliphatic carbocycles. The van der Waals surface area contributed by atoms with Gasteiger partial charge in [-0.05, 0) is 50.6 Å². The van der Waals surface area contributed by atoms with Crippen LogP contribution in [0.5, 0.6) is 17.2 Å². The first-order chi connectivity index (χ1) is 13.9. The number of carbonyl (C=O) groups is 1. The zero-order chi connectivity index (χ0) is 21.4. The van der Waals surface area contributed by atoms with Gasteiger partial charge in [-0.15, -0.1) is 0 Å². The third-order valence-corrected chi connectivity index (χ3v) is 4.38. The first-order valence-corrected chi connectivity index (χ1v) is 9.99. The Morgan fingerprint density at radius 1 is 0.828 bits per heavy atom. The molecule has 0 radical (unpaired) electrons. The van der Waals surface area contributed by atoms with E-state index in [1.165, 1.54) is 0 Å². The summed E-state index contributed by atoms with van der Waals surface area (Å²) in [5, 5.41) is 0. The van der Waals surface area contributed by atoms with Crippen LogP contribution in [-0.4, -0.2) is 51.8 Å². The fourth-order valence-electron chi connectivity index (χ4n) is 2.98. The van der Waals surface area contributed by atoms with Crippen LogP contribution in [0.25, 0.3) is 0 Å². The summed E-state index contributed by atoms with van der Waals surface area (Å²) < 4.78 is 17.2. The SMILES string of the molecule is CCOc1cc(C(=O)N(C)Cc2ccc(N(C)C)cc2)cc(OCC)c1OCC. The van der Waals surface area contributed by atoms with Crippen molar-refractivity contribution in [2.75, 3.05) is 45.9 Å².